The lowest BCUT2D eigenvalue weighted by atomic mass is 9.95. The molecule has 7 heteroatoms. The van der Waals surface area contributed by atoms with Gasteiger partial charge in [0.2, 0.25) is 5.91 Å². The summed E-state index contributed by atoms with van der Waals surface area (Å²) >= 11 is 0. The van der Waals surface area contributed by atoms with E-state index < -0.39 is 17.2 Å². The SMILES string of the molecule is COC(=O)[C@H]1C[C@@]12CC(c1ccc(OCc3cc(-c4ccccc4)nc4ccccc34)c(F)c1)N(C)C2=O. The number of aromatic nitrogens is 1. The minimum Gasteiger partial charge on any atom is -0.486 e. The molecule has 6 rings (SSSR count). The van der Waals surface area contributed by atoms with Crippen LogP contribution >= 0.6 is 0 Å². The van der Waals surface area contributed by atoms with E-state index in [1.807, 2.05) is 60.7 Å². The van der Waals surface area contributed by atoms with Crippen molar-refractivity contribution in [3.8, 4) is 17.0 Å². The highest BCUT2D eigenvalue weighted by Gasteiger charge is 2.69. The second-order valence-corrected chi connectivity index (χ2v) is 10.1. The van der Waals surface area contributed by atoms with Crippen LogP contribution in [0.15, 0.2) is 78.9 Å². The van der Waals surface area contributed by atoms with E-state index in [0.717, 1.165) is 27.7 Å². The van der Waals surface area contributed by atoms with Crippen LogP contribution in [0.5, 0.6) is 5.75 Å². The molecule has 2 aliphatic rings. The van der Waals surface area contributed by atoms with Gasteiger partial charge in [0.15, 0.2) is 11.6 Å². The summed E-state index contributed by atoms with van der Waals surface area (Å²) < 4.78 is 26.1. The zero-order valence-electron chi connectivity index (χ0n) is 21.2. The number of carbonyl (C=O) groups is 2. The number of esters is 1. The molecule has 1 saturated carbocycles. The summed E-state index contributed by atoms with van der Waals surface area (Å²) in [6.45, 7) is 0.171. The number of pyridine rings is 1. The summed E-state index contributed by atoms with van der Waals surface area (Å²) in [7, 11) is 3.04. The van der Waals surface area contributed by atoms with E-state index in [-0.39, 0.29) is 30.3 Å². The number of amides is 1. The van der Waals surface area contributed by atoms with E-state index in [9.17, 15) is 9.59 Å². The Kier molecular flexibility index (Phi) is 5.86. The number of benzene rings is 3. The van der Waals surface area contributed by atoms with Crippen molar-refractivity contribution in [3.63, 3.8) is 0 Å². The standard InChI is InChI=1S/C31H27FN2O4/c1-34-27(17-31(30(34)36)16-23(31)29(35)37-2)20-12-13-28(24(32)14-20)38-18-21-15-26(19-8-4-3-5-9-19)33-25-11-7-6-10-22(21)25/h3-15,23,27H,16-18H2,1-2H3/t23-,27?,31-/m1/s1. The molecule has 1 aromatic heterocycles. The molecule has 2 fully saturated rings. The zero-order valence-corrected chi connectivity index (χ0v) is 21.2. The van der Waals surface area contributed by atoms with Crippen molar-refractivity contribution in [2.24, 2.45) is 11.3 Å². The summed E-state index contributed by atoms with van der Waals surface area (Å²) in [6.07, 6.45) is 0.945. The summed E-state index contributed by atoms with van der Waals surface area (Å²) in [5, 5.41) is 0.949. The first kappa shape index (κ1) is 24.1. The third kappa shape index (κ3) is 3.99. The van der Waals surface area contributed by atoms with Crippen molar-refractivity contribution >= 4 is 22.8 Å². The smallest absolute Gasteiger partial charge is 0.309 e. The largest absolute Gasteiger partial charge is 0.486 e. The number of fused-ring (bicyclic) bond motifs is 1. The number of rotatable bonds is 6. The number of methoxy groups -OCH3 is 1. The van der Waals surface area contributed by atoms with Crippen LogP contribution in [-0.2, 0) is 20.9 Å². The molecular formula is C31H27FN2O4. The Hall–Kier alpha value is -4.26. The van der Waals surface area contributed by atoms with E-state index in [4.69, 9.17) is 14.5 Å². The normalized spacial score (nSPS) is 22.2. The van der Waals surface area contributed by atoms with Crippen LogP contribution < -0.4 is 4.74 Å². The lowest BCUT2D eigenvalue weighted by Gasteiger charge is -2.20. The van der Waals surface area contributed by atoms with Gasteiger partial charge >= 0.3 is 5.97 Å². The van der Waals surface area contributed by atoms with Gasteiger partial charge in [-0.1, -0.05) is 54.6 Å². The second kappa shape index (κ2) is 9.24. The van der Waals surface area contributed by atoms with Crippen LogP contribution in [0.25, 0.3) is 22.2 Å². The van der Waals surface area contributed by atoms with Gasteiger partial charge in [-0.15, -0.1) is 0 Å². The fourth-order valence-corrected chi connectivity index (χ4v) is 5.74. The Morgan fingerprint density at radius 3 is 2.58 bits per heavy atom. The molecule has 3 atom stereocenters. The third-order valence-corrected chi connectivity index (χ3v) is 7.93. The van der Waals surface area contributed by atoms with Gasteiger partial charge < -0.3 is 14.4 Å². The van der Waals surface area contributed by atoms with Crippen LogP contribution in [0.4, 0.5) is 4.39 Å². The van der Waals surface area contributed by atoms with Crippen molar-refractivity contribution in [3.05, 3.63) is 95.8 Å². The first-order valence-electron chi connectivity index (χ1n) is 12.6. The van der Waals surface area contributed by atoms with Crippen molar-refractivity contribution in [1.82, 2.24) is 9.88 Å². The number of nitrogens with zero attached hydrogens (tertiary/aromatic N) is 2. The van der Waals surface area contributed by atoms with Gasteiger partial charge in [-0.2, -0.15) is 0 Å². The lowest BCUT2D eigenvalue weighted by molar-refractivity contribution is -0.145. The minimum absolute atomic E-state index is 0.0857. The number of hydrogen-bond acceptors (Lipinski definition) is 5. The van der Waals surface area contributed by atoms with Gasteiger partial charge in [0.05, 0.1) is 35.7 Å². The maximum Gasteiger partial charge on any atom is 0.309 e. The maximum absolute atomic E-state index is 15.2. The molecule has 192 valence electrons. The van der Waals surface area contributed by atoms with E-state index in [0.29, 0.717) is 18.4 Å². The van der Waals surface area contributed by atoms with Crippen LogP contribution in [0.2, 0.25) is 0 Å². The van der Waals surface area contributed by atoms with Gasteiger partial charge in [0, 0.05) is 23.6 Å². The molecule has 38 heavy (non-hydrogen) atoms. The van der Waals surface area contributed by atoms with Crippen LogP contribution in [0.1, 0.15) is 30.0 Å². The topological polar surface area (TPSA) is 68.7 Å². The monoisotopic (exact) mass is 510 g/mol. The minimum atomic E-state index is -0.725. The Balaban J connectivity index is 1.23. The predicted molar refractivity (Wildman–Crippen MR) is 141 cm³/mol. The van der Waals surface area contributed by atoms with Crippen LogP contribution in [0.3, 0.4) is 0 Å². The first-order chi connectivity index (χ1) is 18.4. The molecule has 0 N–H and O–H groups in total. The van der Waals surface area contributed by atoms with Crippen LogP contribution in [0, 0.1) is 17.2 Å². The summed E-state index contributed by atoms with van der Waals surface area (Å²) in [5.41, 5.74) is 3.52. The quantitative estimate of drug-likeness (QED) is 0.311. The highest BCUT2D eigenvalue weighted by atomic mass is 19.1. The fourth-order valence-electron chi connectivity index (χ4n) is 5.74. The van der Waals surface area contributed by atoms with Crippen molar-refractivity contribution in [1.29, 1.82) is 0 Å². The predicted octanol–water partition coefficient (Wildman–Crippen LogP) is 5.70. The molecule has 1 aliphatic heterocycles. The molecule has 1 amide bonds. The van der Waals surface area contributed by atoms with Crippen LogP contribution in [-0.4, -0.2) is 35.9 Å². The highest BCUT2D eigenvalue weighted by molar-refractivity contribution is 5.96. The fraction of sp³-hybridized carbons (Fsp3) is 0.258. The first-order valence-corrected chi connectivity index (χ1v) is 12.6. The molecule has 4 aromatic rings. The molecular weight excluding hydrogens is 483 g/mol. The molecule has 1 unspecified atom stereocenters. The van der Waals surface area contributed by atoms with E-state index in [1.165, 1.54) is 13.2 Å². The van der Waals surface area contributed by atoms with E-state index in [2.05, 4.69) is 0 Å². The molecule has 0 radical (unpaired) electrons. The Labute approximate surface area is 220 Å². The molecule has 1 saturated heterocycles. The second-order valence-electron chi connectivity index (χ2n) is 10.1. The molecule has 6 nitrogen and oxygen atoms in total. The maximum atomic E-state index is 15.2. The average Bonchev–Trinajstić information content (AvgIpc) is 3.63. The zero-order chi connectivity index (χ0) is 26.4. The third-order valence-electron chi connectivity index (χ3n) is 7.93. The lowest BCUT2D eigenvalue weighted by Crippen LogP contribution is -2.27. The molecule has 2 heterocycles. The van der Waals surface area contributed by atoms with Gasteiger partial charge in [0.25, 0.3) is 0 Å². The van der Waals surface area contributed by atoms with Crippen molar-refractivity contribution in [2.75, 3.05) is 14.2 Å². The van der Waals surface area contributed by atoms with E-state index in [1.54, 1.807) is 24.1 Å². The molecule has 1 aliphatic carbocycles. The molecule has 1 spiro atoms. The number of carbonyl (C=O) groups excluding carboxylic acids is 2. The van der Waals surface area contributed by atoms with Gasteiger partial charge in [-0.3, -0.25) is 9.59 Å². The number of likely N-dealkylation sites (tertiary alicyclic amines) is 1. The van der Waals surface area contributed by atoms with Gasteiger partial charge in [0.1, 0.15) is 6.61 Å². The highest BCUT2D eigenvalue weighted by Crippen LogP contribution is 2.63. The summed E-state index contributed by atoms with van der Waals surface area (Å²) in [6, 6.07) is 24.2. The van der Waals surface area contributed by atoms with Crippen molar-refractivity contribution in [2.45, 2.75) is 25.5 Å². The number of ether oxygens (including phenoxy) is 2. The number of para-hydroxylation sites is 1. The molecule has 3 aromatic carbocycles. The molecule has 0 bridgehead atoms. The van der Waals surface area contributed by atoms with E-state index >= 15 is 4.39 Å². The number of hydrogen-bond donors (Lipinski definition) is 0. The Morgan fingerprint density at radius 1 is 1.05 bits per heavy atom. The summed E-state index contributed by atoms with van der Waals surface area (Å²) in [4.78, 5) is 31.4. The average molecular weight is 511 g/mol. The van der Waals surface area contributed by atoms with Gasteiger partial charge in [-0.05, 0) is 42.7 Å². The van der Waals surface area contributed by atoms with Crippen molar-refractivity contribution < 1.29 is 23.5 Å². The Bertz CT molecular complexity index is 1560. The summed E-state index contributed by atoms with van der Waals surface area (Å²) in [5.74, 6) is -1.22. The Morgan fingerprint density at radius 2 is 1.82 bits per heavy atom. The number of halogens is 1. The van der Waals surface area contributed by atoms with Gasteiger partial charge in [-0.25, -0.2) is 9.37 Å².